The molecular weight excluding hydrogens is 314 g/mol. The molecule has 0 spiro atoms. The molecule has 0 aromatic heterocycles. The van der Waals surface area contributed by atoms with Crippen molar-refractivity contribution in [3.05, 3.63) is 29.8 Å². The summed E-state index contributed by atoms with van der Waals surface area (Å²) in [6, 6.07) is 6.97. The first-order chi connectivity index (χ1) is 10.4. The molecule has 0 bridgehead atoms. The van der Waals surface area contributed by atoms with Crippen LogP contribution >= 0.6 is 12.4 Å². The molecule has 0 saturated carbocycles. The van der Waals surface area contributed by atoms with Crippen molar-refractivity contribution in [2.24, 2.45) is 11.1 Å². The Labute approximate surface area is 144 Å². The van der Waals surface area contributed by atoms with Gasteiger partial charge in [-0.05, 0) is 56.1 Å². The highest BCUT2D eigenvalue weighted by atomic mass is 35.5. The fraction of sp³-hybridized carbons (Fsp3) is 0.529. The van der Waals surface area contributed by atoms with Crippen molar-refractivity contribution in [2.75, 3.05) is 31.5 Å². The number of ketones is 1. The highest BCUT2D eigenvalue weighted by Crippen LogP contribution is 2.28. The number of nitrogens with one attached hydrogen (secondary N) is 1. The monoisotopic (exact) mass is 339 g/mol. The maximum atomic E-state index is 12.0. The van der Waals surface area contributed by atoms with Crippen molar-refractivity contribution in [3.8, 4) is 0 Å². The van der Waals surface area contributed by atoms with E-state index in [0.717, 1.165) is 31.7 Å². The molecule has 1 aliphatic rings. The molecule has 1 unspecified atom stereocenters. The van der Waals surface area contributed by atoms with Crippen molar-refractivity contribution >= 4 is 29.8 Å². The van der Waals surface area contributed by atoms with Crippen LogP contribution in [0.3, 0.4) is 0 Å². The van der Waals surface area contributed by atoms with Crippen LogP contribution in [0.15, 0.2) is 24.3 Å². The highest BCUT2D eigenvalue weighted by Gasteiger charge is 2.32. The van der Waals surface area contributed by atoms with E-state index in [0.29, 0.717) is 18.5 Å². The summed E-state index contributed by atoms with van der Waals surface area (Å²) in [5, 5.41) is 2.87. The molecule has 6 heteroatoms. The Morgan fingerprint density at radius 3 is 2.48 bits per heavy atom. The van der Waals surface area contributed by atoms with Gasteiger partial charge in [-0.2, -0.15) is 0 Å². The molecule has 5 nitrogen and oxygen atoms in total. The molecule has 128 valence electrons. The number of amides is 1. The third-order valence-electron chi connectivity index (χ3n) is 4.36. The van der Waals surface area contributed by atoms with E-state index in [4.69, 9.17) is 5.73 Å². The third kappa shape index (κ3) is 5.61. The maximum absolute atomic E-state index is 12.0. The predicted octanol–water partition coefficient (Wildman–Crippen LogP) is 2.31. The van der Waals surface area contributed by atoms with E-state index in [-0.39, 0.29) is 29.5 Å². The standard InChI is InChI=1S/C17H25N3O2.ClH/c1-13(21)14-3-5-15(6-4-14)19-16(22)7-9-20-10-8-17(2,11-18)12-20;/h3-6H,7-12,18H2,1-2H3,(H,19,22);1H. The van der Waals surface area contributed by atoms with E-state index in [2.05, 4.69) is 17.1 Å². The lowest BCUT2D eigenvalue weighted by Gasteiger charge is -2.22. The Balaban J connectivity index is 0.00000264. The maximum Gasteiger partial charge on any atom is 0.225 e. The van der Waals surface area contributed by atoms with Gasteiger partial charge >= 0.3 is 0 Å². The van der Waals surface area contributed by atoms with E-state index in [1.54, 1.807) is 24.3 Å². The Bertz CT molecular complexity index is 547. The number of carbonyl (C=O) groups excluding carboxylic acids is 2. The van der Waals surface area contributed by atoms with Gasteiger partial charge in [0, 0.05) is 30.8 Å². The Morgan fingerprint density at radius 2 is 1.96 bits per heavy atom. The van der Waals surface area contributed by atoms with Gasteiger partial charge in [0.15, 0.2) is 5.78 Å². The zero-order valence-electron chi connectivity index (χ0n) is 13.8. The van der Waals surface area contributed by atoms with E-state index in [9.17, 15) is 9.59 Å². The summed E-state index contributed by atoms with van der Waals surface area (Å²) in [6.07, 6.45) is 1.56. The lowest BCUT2D eigenvalue weighted by molar-refractivity contribution is -0.116. The number of hydrogen-bond donors (Lipinski definition) is 2. The lowest BCUT2D eigenvalue weighted by Crippen LogP contribution is -2.32. The van der Waals surface area contributed by atoms with Gasteiger partial charge < -0.3 is 16.0 Å². The average molecular weight is 340 g/mol. The SMILES string of the molecule is CC(=O)c1ccc(NC(=O)CCN2CCC(C)(CN)C2)cc1.Cl. The van der Waals surface area contributed by atoms with E-state index < -0.39 is 0 Å². The van der Waals surface area contributed by atoms with Crippen molar-refractivity contribution in [1.29, 1.82) is 0 Å². The van der Waals surface area contributed by atoms with Crippen molar-refractivity contribution in [1.82, 2.24) is 4.90 Å². The second-order valence-corrected chi connectivity index (χ2v) is 6.47. The van der Waals surface area contributed by atoms with E-state index in [1.165, 1.54) is 6.92 Å². The normalized spacial score (nSPS) is 20.8. The molecule has 1 fully saturated rings. The fourth-order valence-electron chi connectivity index (χ4n) is 2.75. The minimum atomic E-state index is -0.00285. The molecule has 2 rings (SSSR count). The van der Waals surface area contributed by atoms with Gasteiger partial charge in [-0.3, -0.25) is 9.59 Å². The average Bonchev–Trinajstić information content (AvgIpc) is 2.88. The van der Waals surface area contributed by atoms with E-state index >= 15 is 0 Å². The molecule has 1 amide bonds. The number of rotatable bonds is 6. The van der Waals surface area contributed by atoms with Crippen LogP contribution < -0.4 is 11.1 Å². The van der Waals surface area contributed by atoms with Crippen LogP contribution in [0, 0.1) is 5.41 Å². The number of hydrogen-bond acceptors (Lipinski definition) is 4. The Hall–Kier alpha value is -1.43. The number of anilines is 1. The summed E-state index contributed by atoms with van der Waals surface area (Å²) in [5.41, 5.74) is 7.36. The topological polar surface area (TPSA) is 75.4 Å². The zero-order valence-corrected chi connectivity index (χ0v) is 14.6. The Kier molecular flexibility index (Phi) is 7.19. The van der Waals surface area contributed by atoms with Gasteiger partial charge in [-0.15, -0.1) is 12.4 Å². The van der Waals surface area contributed by atoms with Crippen molar-refractivity contribution < 1.29 is 9.59 Å². The van der Waals surface area contributed by atoms with Crippen LogP contribution in [0.5, 0.6) is 0 Å². The number of halogens is 1. The van der Waals surface area contributed by atoms with Crippen LogP contribution in [0.25, 0.3) is 0 Å². The molecule has 0 radical (unpaired) electrons. The first kappa shape index (κ1) is 19.6. The number of nitrogens with zero attached hydrogens (tertiary/aromatic N) is 1. The van der Waals surface area contributed by atoms with Crippen LogP contribution in [0.2, 0.25) is 0 Å². The predicted molar refractivity (Wildman–Crippen MR) is 95.2 cm³/mol. The fourth-order valence-corrected chi connectivity index (χ4v) is 2.75. The van der Waals surface area contributed by atoms with Crippen molar-refractivity contribution in [2.45, 2.75) is 26.7 Å². The molecular formula is C17H26ClN3O2. The first-order valence-electron chi connectivity index (χ1n) is 7.75. The van der Waals surface area contributed by atoms with E-state index in [1.807, 2.05) is 0 Å². The number of nitrogens with two attached hydrogens (primary N) is 1. The second kappa shape index (κ2) is 8.43. The quantitative estimate of drug-likeness (QED) is 0.780. The minimum absolute atomic E-state index is 0. The van der Waals surface area contributed by atoms with Gasteiger partial charge in [-0.1, -0.05) is 6.92 Å². The van der Waals surface area contributed by atoms with Gasteiger partial charge in [-0.25, -0.2) is 0 Å². The number of carbonyl (C=O) groups is 2. The highest BCUT2D eigenvalue weighted by molar-refractivity contribution is 5.95. The number of benzene rings is 1. The lowest BCUT2D eigenvalue weighted by atomic mass is 9.90. The molecule has 1 heterocycles. The second-order valence-electron chi connectivity index (χ2n) is 6.47. The van der Waals surface area contributed by atoms with Crippen LogP contribution in [0.4, 0.5) is 5.69 Å². The zero-order chi connectivity index (χ0) is 16.2. The van der Waals surface area contributed by atoms with Crippen LogP contribution in [-0.4, -0.2) is 42.8 Å². The molecule has 23 heavy (non-hydrogen) atoms. The van der Waals surface area contributed by atoms with Gasteiger partial charge in [0.05, 0.1) is 0 Å². The van der Waals surface area contributed by atoms with Gasteiger partial charge in [0.2, 0.25) is 5.91 Å². The summed E-state index contributed by atoms with van der Waals surface area (Å²) < 4.78 is 0. The van der Waals surface area contributed by atoms with Crippen LogP contribution in [-0.2, 0) is 4.79 Å². The number of likely N-dealkylation sites (tertiary alicyclic amines) is 1. The van der Waals surface area contributed by atoms with Crippen molar-refractivity contribution in [3.63, 3.8) is 0 Å². The summed E-state index contributed by atoms with van der Waals surface area (Å²) in [4.78, 5) is 25.5. The largest absolute Gasteiger partial charge is 0.330 e. The summed E-state index contributed by atoms with van der Waals surface area (Å²) in [7, 11) is 0. The number of Topliss-reactive ketones (excluding diaryl/α,β-unsaturated/α-hetero) is 1. The minimum Gasteiger partial charge on any atom is -0.330 e. The molecule has 1 saturated heterocycles. The molecule has 1 aromatic carbocycles. The molecule has 1 aromatic rings. The molecule has 1 atom stereocenters. The van der Waals surface area contributed by atoms with Gasteiger partial charge in [0.25, 0.3) is 0 Å². The summed E-state index contributed by atoms with van der Waals surface area (Å²) >= 11 is 0. The molecule has 3 N–H and O–H groups in total. The Morgan fingerprint density at radius 1 is 1.30 bits per heavy atom. The molecule has 1 aliphatic heterocycles. The third-order valence-corrected chi connectivity index (χ3v) is 4.36. The van der Waals surface area contributed by atoms with Gasteiger partial charge in [0.1, 0.15) is 0 Å². The van der Waals surface area contributed by atoms with Crippen LogP contribution in [0.1, 0.15) is 37.0 Å². The summed E-state index contributed by atoms with van der Waals surface area (Å²) in [5.74, 6) is 0.0202. The smallest absolute Gasteiger partial charge is 0.225 e. The molecule has 0 aliphatic carbocycles. The first-order valence-corrected chi connectivity index (χ1v) is 7.75. The summed E-state index contributed by atoms with van der Waals surface area (Å²) in [6.45, 7) is 7.14.